The average molecular weight is 208 g/mol. The second-order valence-electron chi connectivity index (χ2n) is 6.15. The van der Waals surface area contributed by atoms with Crippen LogP contribution < -0.4 is 11.1 Å². The van der Waals surface area contributed by atoms with Gasteiger partial charge in [-0.05, 0) is 50.4 Å². The Morgan fingerprint density at radius 3 is 2.07 bits per heavy atom. The molecule has 2 nitrogen and oxygen atoms in total. The molecule has 0 heterocycles. The molecular weight excluding hydrogens is 184 g/mol. The van der Waals surface area contributed by atoms with Crippen molar-refractivity contribution in [2.45, 2.75) is 62.9 Å². The van der Waals surface area contributed by atoms with E-state index in [2.05, 4.69) is 5.32 Å². The average Bonchev–Trinajstić information content (AvgIpc) is 3.09. The van der Waals surface area contributed by atoms with Crippen molar-refractivity contribution in [1.82, 2.24) is 5.32 Å². The van der Waals surface area contributed by atoms with Crippen LogP contribution in [0.2, 0.25) is 0 Å². The highest BCUT2D eigenvalue weighted by atomic mass is 15.0. The Labute approximate surface area is 93.0 Å². The van der Waals surface area contributed by atoms with E-state index in [1.54, 1.807) is 0 Å². The minimum absolute atomic E-state index is 0.141. The van der Waals surface area contributed by atoms with Crippen molar-refractivity contribution < 1.29 is 0 Å². The highest BCUT2D eigenvalue weighted by Gasteiger charge is 2.42. The summed E-state index contributed by atoms with van der Waals surface area (Å²) in [4.78, 5) is 0. The number of rotatable bonds is 5. The molecule has 0 aromatic carbocycles. The molecule has 0 atom stereocenters. The molecule has 3 fully saturated rings. The van der Waals surface area contributed by atoms with Gasteiger partial charge in [-0.3, -0.25) is 0 Å². The summed E-state index contributed by atoms with van der Waals surface area (Å²) in [5.41, 5.74) is 6.53. The van der Waals surface area contributed by atoms with Gasteiger partial charge in [0.25, 0.3) is 0 Å². The molecule has 0 bridgehead atoms. The first kappa shape index (κ1) is 10.1. The zero-order valence-electron chi connectivity index (χ0n) is 9.67. The summed E-state index contributed by atoms with van der Waals surface area (Å²) < 4.78 is 0. The summed E-state index contributed by atoms with van der Waals surface area (Å²) in [6, 6.07) is 0.825. The van der Waals surface area contributed by atoms with E-state index in [1.165, 1.54) is 51.4 Å². The van der Waals surface area contributed by atoms with Crippen LogP contribution in [0, 0.1) is 11.8 Å². The van der Waals surface area contributed by atoms with E-state index in [9.17, 15) is 0 Å². The van der Waals surface area contributed by atoms with Crippen LogP contribution in [0.15, 0.2) is 0 Å². The summed E-state index contributed by atoms with van der Waals surface area (Å²) in [7, 11) is 0. The van der Waals surface area contributed by atoms with Crippen LogP contribution in [-0.2, 0) is 0 Å². The zero-order chi connectivity index (χ0) is 10.3. The molecule has 0 aromatic heterocycles. The van der Waals surface area contributed by atoms with Crippen molar-refractivity contribution in [3.63, 3.8) is 0 Å². The van der Waals surface area contributed by atoms with E-state index in [4.69, 9.17) is 5.73 Å². The van der Waals surface area contributed by atoms with Crippen molar-refractivity contribution >= 4 is 0 Å². The summed E-state index contributed by atoms with van der Waals surface area (Å²) >= 11 is 0. The minimum Gasteiger partial charge on any atom is -0.324 e. The molecule has 15 heavy (non-hydrogen) atoms. The van der Waals surface area contributed by atoms with Crippen LogP contribution in [0.25, 0.3) is 0 Å². The normalized spacial score (nSPS) is 30.0. The lowest BCUT2D eigenvalue weighted by Crippen LogP contribution is -2.50. The Kier molecular flexibility index (Phi) is 2.52. The van der Waals surface area contributed by atoms with E-state index in [0.717, 1.165) is 24.4 Å². The van der Waals surface area contributed by atoms with Crippen LogP contribution in [0.3, 0.4) is 0 Å². The maximum atomic E-state index is 6.39. The third-order valence-corrected chi connectivity index (χ3v) is 4.55. The van der Waals surface area contributed by atoms with Crippen molar-refractivity contribution in [1.29, 1.82) is 0 Å². The second-order valence-corrected chi connectivity index (χ2v) is 6.15. The molecule has 3 aliphatic carbocycles. The number of hydrogen-bond acceptors (Lipinski definition) is 2. The van der Waals surface area contributed by atoms with Crippen molar-refractivity contribution in [2.24, 2.45) is 17.6 Å². The monoisotopic (exact) mass is 208 g/mol. The molecule has 0 radical (unpaired) electrons. The van der Waals surface area contributed by atoms with E-state index in [-0.39, 0.29) is 5.54 Å². The third kappa shape index (κ3) is 2.36. The molecule has 86 valence electrons. The fourth-order valence-electron chi connectivity index (χ4n) is 3.21. The number of nitrogens with two attached hydrogens (primary N) is 1. The fourth-order valence-corrected chi connectivity index (χ4v) is 3.21. The first-order valence-corrected chi connectivity index (χ1v) is 6.79. The van der Waals surface area contributed by atoms with Gasteiger partial charge in [-0.25, -0.2) is 0 Å². The van der Waals surface area contributed by atoms with Gasteiger partial charge in [0.2, 0.25) is 0 Å². The molecule has 0 saturated heterocycles. The van der Waals surface area contributed by atoms with Crippen molar-refractivity contribution in [3.05, 3.63) is 0 Å². The van der Waals surface area contributed by atoms with Crippen LogP contribution in [0.5, 0.6) is 0 Å². The highest BCUT2D eigenvalue weighted by Crippen LogP contribution is 2.44. The lowest BCUT2D eigenvalue weighted by Gasteiger charge is -2.28. The minimum atomic E-state index is 0.141. The smallest absolute Gasteiger partial charge is 0.0280 e. The zero-order valence-corrected chi connectivity index (χ0v) is 9.67. The number of nitrogens with one attached hydrogen (secondary N) is 1. The van der Waals surface area contributed by atoms with Crippen molar-refractivity contribution in [3.8, 4) is 0 Å². The van der Waals surface area contributed by atoms with Crippen LogP contribution in [0.1, 0.15) is 51.4 Å². The first-order chi connectivity index (χ1) is 7.27. The predicted molar refractivity (Wildman–Crippen MR) is 62.6 cm³/mol. The van der Waals surface area contributed by atoms with Crippen LogP contribution in [-0.4, -0.2) is 18.1 Å². The van der Waals surface area contributed by atoms with E-state index < -0.39 is 0 Å². The maximum Gasteiger partial charge on any atom is 0.0280 e. The van der Waals surface area contributed by atoms with Gasteiger partial charge in [-0.15, -0.1) is 0 Å². The maximum absolute atomic E-state index is 6.39. The first-order valence-electron chi connectivity index (χ1n) is 6.79. The summed E-state index contributed by atoms with van der Waals surface area (Å²) in [5.74, 6) is 2.00. The molecule has 3 N–H and O–H groups in total. The Bertz CT molecular complexity index is 213. The standard InChI is InChI=1S/C13H24N2/c14-13(7-1-2-8-13)9-15-12(10-3-4-10)11-5-6-11/h10-12,15H,1-9,14H2. The van der Waals surface area contributed by atoms with Gasteiger partial charge in [0, 0.05) is 18.1 Å². The van der Waals surface area contributed by atoms with Crippen LogP contribution >= 0.6 is 0 Å². The Morgan fingerprint density at radius 2 is 1.60 bits per heavy atom. The van der Waals surface area contributed by atoms with Gasteiger partial charge in [0.15, 0.2) is 0 Å². The summed E-state index contributed by atoms with van der Waals surface area (Å²) in [6.07, 6.45) is 11.0. The van der Waals surface area contributed by atoms with E-state index in [0.29, 0.717) is 0 Å². The highest BCUT2D eigenvalue weighted by molar-refractivity contribution is 4.99. The molecule has 3 rings (SSSR count). The lowest BCUT2D eigenvalue weighted by atomic mass is 9.97. The Hall–Kier alpha value is -0.0800. The van der Waals surface area contributed by atoms with Gasteiger partial charge in [0.05, 0.1) is 0 Å². The van der Waals surface area contributed by atoms with Gasteiger partial charge < -0.3 is 11.1 Å². The van der Waals surface area contributed by atoms with Gasteiger partial charge >= 0.3 is 0 Å². The van der Waals surface area contributed by atoms with E-state index in [1.807, 2.05) is 0 Å². The fraction of sp³-hybridized carbons (Fsp3) is 1.00. The summed E-state index contributed by atoms with van der Waals surface area (Å²) in [5, 5.41) is 3.80. The van der Waals surface area contributed by atoms with Crippen LogP contribution in [0.4, 0.5) is 0 Å². The molecule has 0 unspecified atom stereocenters. The van der Waals surface area contributed by atoms with Gasteiger partial charge in [0.1, 0.15) is 0 Å². The lowest BCUT2D eigenvalue weighted by molar-refractivity contribution is 0.338. The molecule has 0 aromatic rings. The molecule has 0 spiro atoms. The molecule has 3 aliphatic rings. The third-order valence-electron chi connectivity index (χ3n) is 4.55. The Balaban J connectivity index is 1.50. The quantitative estimate of drug-likeness (QED) is 0.725. The van der Waals surface area contributed by atoms with Crippen molar-refractivity contribution in [2.75, 3.05) is 6.54 Å². The predicted octanol–water partition coefficient (Wildman–Crippen LogP) is 2.04. The van der Waals surface area contributed by atoms with Gasteiger partial charge in [-0.1, -0.05) is 12.8 Å². The molecule has 3 saturated carbocycles. The van der Waals surface area contributed by atoms with Gasteiger partial charge in [-0.2, -0.15) is 0 Å². The largest absolute Gasteiger partial charge is 0.324 e. The molecule has 0 aliphatic heterocycles. The molecule has 0 amide bonds. The number of hydrogen-bond donors (Lipinski definition) is 2. The molecular formula is C13H24N2. The molecule has 2 heteroatoms. The SMILES string of the molecule is NC1(CNC(C2CC2)C2CC2)CCCC1. The second kappa shape index (κ2) is 3.74. The Morgan fingerprint density at radius 1 is 1.07 bits per heavy atom. The summed E-state index contributed by atoms with van der Waals surface area (Å²) in [6.45, 7) is 1.07. The van der Waals surface area contributed by atoms with E-state index >= 15 is 0 Å². The topological polar surface area (TPSA) is 38.0 Å².